The quantitative estimate of drug-likeness (QED) is 0.555. The molecule has 0 radical (unpaired) electrons. The minimum Gasteiger partial charge on any atom is -0.320 e. The molecule has 0 fully saturated rings. The number of carbonyl (C=O) groups excluding carboxylic acids is 1. The van der Waals surface area contributed by atoms with Crippen LogP contribution in [0.5, 0.6) is 0 Å². The van der Waals surface area contributed by atoms with Crippen molar-refractivity contribution in [1.82, 2.24) is 0 Å². The lowest BCUT2D eigenvalue weighted by Crippen LogP contribution is -2.15. The van der Waals surface area contributed by atoms with Gasteiger partial charge in [-0.15, -0.1) is 0 Å². The summed E-state index contributed by atoms with van der Waals surface area (Å²) < 4.78 is 0. The van der Waals surface area contributed by atoms with Crippen LogP contribution in [0.1, 0.15) is 22.7 Å². The molecule has 0 bridgehead atoms. The number of hydrogen-bond acceptors (Lipinski definition) is 4. The zero-order valence-corrected chi connectivity index (χ0v) is 14.0. The SMILES string of the molecule is O=C1Nc2ccc([N+](=O)[O-])cc2C1=NC1c2ccccc2-c2ccccc21. The number of nitrogens with zero attached hydrogens (tertiary/aromatic N) is 2. The Morgan fingerprint density at radius 2 is 1.52 bits per heavy atom. The molecule has 0 saturated heterocycles. The number of fused-ring (bicyclic) bond motifs is 4. The smallest absolute Gasteiger partial charge is 0.274 e. The van der Waals surface area contributed by atoms with Crippen molar-refractivity contribution in [2.45, 2.75) is 6.04 Å². The highest BCUT2D eigenvalue weighted by atomic mass is 16.6. The van der Waals surface area contributed by atoms with Crippen LogP contribution >= 0.6 is 0 Å². The molecule has 3 aromatic rings. The van der Waals surface area contributed by atoms with E-state index >= 15 is 0 Å². The number of amides is 1. The molecular weight excluding hydrogens is 342 g/mol. The zero-order chi connectivity index (χ0) is 18.5. The van der Waals surface area contributed by atoms with Crippen molar-refractivity contribution in [3.8, 4) is 11.1 Å². The molecule has 2 aliphatic rings. The maximum atomic E-state index is 12.5. The number of aliphatic imine (C=N–C) groups is 1. The van der Waals surface area contributed by atoms with Crippen LogP contribution in [-0.2, 0) is 4.79 Å². The van der Waals surface area contributed by atoms with Crippen molar-refractivity contribution in [2.24, 2.45) is 4.99 Å². The first kappa shape index (κ1) is 15.5. The van der Waals surface area contributed by atoms with Crippen LogP contribution in [0, 0.1) is 10.1 Å². The predicted octanol–water partition coefficient (Wildman–Crippen LogP) is 4.11. The second-order valence-corrected chi connectivity index (χ2v) is 6.50. The predicted molar refractivity (Wildman–Crippen MR) is 102 cm³/mol. The minimum atomic E-state index is -0.471. The lowest BCUT2D eigenvalue weighted by molar-refractivity contribution is -0.384. The summed E-state index contributed by atoms with van der Waals surface area (Å²) in [5, 5.41) is 13.9. The fourth-order valence-corrected chi connectivity index (χ4v) is 3.78. The van der Waals surface area contributed by atoms with Gasteiger partial charge in [-0.2, -0.15) is 0 Å². The molecule has 0 spiro atoms. The fourth-order valence-electron chi connectivity index (χ4n) is 3.78. The number of carbonyl (C=O) groups is 1. The van der Waals surface area contributed by atoms with Crippen molar-refractivity contribution in [3.63, 3.8) is 0 Å². The Morgan fingerprint density at radius 3 is 2.15 bits per heavy atom. The summed E-state index contributed by atoms with van der Waals surface area (Å²) in [6.45, 7) is 0. The van der Waals surface area contributed by atoms with Crippen molar-refractivity contribution in [2.75, 3.05) is 5.32 Å². The second kappa shape index (κ2) is 5.60. The van der Waals surface area contributed by atoms with Gasteiger partial charge in [0.15, 0.2) is 0 Å². The van der Waals surface area contributed by atoms with Gasteiger partial charge in [0.1, 0.15) is 11.8 Å². The average molecular weight is 355 g/mol. The second-order valence-electron chi connectivity index (χ2n) is 6.50. The first-order valence-electron chi connectivity index (χ1n) is 8.49. The number of non-ortho nitro benzene ring substituents is 1. The van der Waals surface area contributed by atoms with Gasteiger partial charge in [-0.25, -0.2) is 0 Å². The molecule has 0 unspecified atom stereocenters. The highest BCUT2D eigenvalue weighted by molar-refractivity contribution is 6.54. The van der Waals surface area contributed by atoms with Gasteiger partial charge in [-0.1, -0.05) is 48.5 Å². The Labute approximate surface area is 154 Å². The Morgan fingerprint density at radius 1 is 0.889 bits per heavy atom. The van der Waals surface area contributed by atoms with Gasteiger partial charge in [0.2, 0.25) is 0 Å². The van der Waals surface area contributed by atoms with E-state index in [0.717, 1.165) is 22.3 Å². The number of rotatable bonds is 2. The third-order valence-corrected chi connectivity index (χ3v) is 4.99. The molecule has 5 rings (SSSR count). The van der Waals surface area contributed by atoms with E-state index in [2.05, 4.69) is 5.32 Å². The molecule has 1 N–H and O–H groups in total. The molecule has 3 aromatic carbocycles. The highest BCUT2D eigenvalue weighted by Crippen LogP contribution is 2.45. The molecule has 130 valence electrons. The number of nitro benzene ring substituents is 1. The molecule has 1 aliphatic heterocycles. The molecular formula is C21H13N3O3. The summed E-state index contributed by atoms with van der Waals surface area (Å²) in [6.07, 6.45) is 0. The van der Waals surface area contributed by atoms with Crippen molar-refractivity contribution in [3.05, 3.63) is 93.5 Å². The van der Waals surface area contributed by atoms with Gasteiger partial charge in [0.25, 0.3) is 11.6 Å². The summed E-state index contributed by atoms with van der Waals surface area (Å²) in [7, 11) is 0. The van der Waals surface area contributed by atoms with Crippen LogP contribution in [0.25, 0.3) is 11.1 Å². The number of hydrogen-bond donors (Lipinski definition) is 1. The lowest BCUT2D eigenvalue weighted by atomic mass is 10.0. The number of nitrogens with one attached hydrogen (secondary N) is 1. The van der Waals surface area contributed by atoms with E-state index in [9.17, 15) is 14.9 Å². The summed E-state index contributed by atoms with van der Waals surface area (Å²) in [5.74, 6) is -0.340. The largest absolute Gasteiger partial charge is 0.320 e. The van der Waals surface area contributed by atoms with Gasteiger partial charge >= 0.3 is 0 Å². The number of benzene rings is 3. The Kier molecular flexibility index (Phi) is 3.21. The van der Waals surface area contributed by atoms with Crippen LogP contribution in [0.4, 0.5) is 11.4 Å². The van der Waals surface area contributed by atoms with Crippen molar-refractivity contribution >= 4 is 23.0 Å². The van der Waals surface area contributed by atoms with Crippen molar-refractivity contribution < 1.29 is 9.72 Å². The number of anilines is 1. The molecule has 0 aromatic heterocycles. The summed E-state index contributed by atoms with van der Waals surface area (Å²) >= 11 is 0. The highest BCUT2D eigenvalue weighted by Gasteiger charge is 2.33. The summed E-state index contributed by atoms with van der Waals surface area (Å²) in [5.41, 5.74) is 5.42. The Balaban J connectivity index is 1.70. The monoisotopic (exact) mass is 355 g/mol. The summed E-state index contributed by atoms with van der Waals surface area (Å²) in [4.78, 5) is 27.9. The maximum absolute atomic E-state index is 12.5. The maximum Gasteiger partial charge on any atom is 0.274 e. The third kappa shape index (κ3) is 2.27. The standard InChI is InChI=1S/C21H13N3O3/c25-21-20(17-11-12(24(26)27)9-10-18(17)22-21)23-19-15-7-3-1-5-13(15)14-6-2-4-8-16(14)19/h1-11,19H,(H,22,23,25). The molecule has 27 heavy (non-hydrogen) atoms. The van der Waals surface area contributed by atoms with Gasteiger partial charge in [0, 0.05) is 17.7 Å². The Bertz CT molecular complexity index is 1120. The average Bonchev–Trinajstić information content (AvgIpc) is 3.17. The topological polar surface area (TPSA) is 84.6 Å². The lowest BCUT2D eigenvalue weighted by Gasteiger charge is -2.09. The third-order valence-electron chi connectivity index (χ3n) is 4.99. The molecule has 6 heteroatoms. The van der Waals surface area contributed by atoms with E-state index in [-0.39, 0.29) is 23.3 Å². The fraction of sp³-hybridized carbons (Fsp3) is 0.0476. The Hall–Kier alpha value is -3.80. The van der Waals surface area contributed by atoms with E-state index in [1.807, 2.05) is 48.5 Å². The zero-order valence-electron chi connectivity index (χ0n) is 14.0. The molecule has 0 saturated carbocycles. The van der Waals surface area contributed by atoms with E-state index in [4.69, 9.17) is 4.99 Å². The van der Waals surface area contributed by atoms with Crippen LogP contribution in [0.3, 0.4) is 0 Å². The first-order valence-corrected chi connectivity index (χ1v) is 8.49. The molecule has 1 heterocycles. The van der Waals surface area contributed by atoms with Crippen LogP contribution < -0.4 is 5.32 Å². The normalized spacial score (nSPS) is 16.0. The molecule has 1 amide bonds. The molecule has 0 atom stereocenters. The van der Waals surface area contributed by atoms with E-state index in [0.29, 0.717) is 11.3 Å². The van der Waals surface area contributed by atoms with E-state index in [1.54, 1.807) is 6.07 Å². The van der Waals surface area contributed by atoms with E-state index < -0.39 is 4.92 Å². The van der Waals surface area contributed by atoms with Gasteiger partial charge in [0.05, 0.1) is 10.6 Å². The van der Waals surface area contributed by atoms with Crippen molar-refractivity contribution in [1.29, 1.82) is 0 Å². The van der Waals surface area contributed by atoms with Crippen LogP contribution in [0.15, 0.2) is 71.7 Å². The first-order chi connectivity index (χ1) is 13.1. The summed E-state index contributed by atoms with van der Waals surface area (Å²) in [6, 6.07) is 20.0. The van der Waals surface area contributed by atoms with Crippen LogP contribution in [0.2, 0.25) is 0 Å². The molecule has 6 nitrogen and oxygen atoms in total. The van der Waals surface area contributed by atoms with Gasteiger partial charge in [-0.3, -0.25) is 19.9 Å². The minimum absolute atomic E-state index is 0.0647. The molecule has 1 aliphatic carbocycles. The van der Waals surface area contributed by atoms with Gasteiger partial charge in [-0.05, 0) is 28.3 Å². The van der Waals surface area contributed by atoms with E-state index in [1.165, 1.54) is 12.1 Å². The van der Waals surface area contributed by atoms with Crippen LogP contribution in [-0.4, -0.2) is 16.5 Å². The number of nitro groups is 1. The van der Waals surface area contributed by atoms with Gasteiger partial charge < -0.3 is 5.32 Å².